The van der Waals surface area contributed by atoms with Crippen LogP contribution in [-0.2, 0) is 29.0 Å². The minimum absolute atomic E-state index is 0.00220. The van der Waals surface area contributed by atoms with Crippen LogP contribution in [0.3, 0.4) is 0 Å². The molecule has 0 saturated carbocycles. The molecule has 302 valence electrons. The molecule has 0 radical (unpaired) electrons. The zero-order chi connectivity index (χ0) is 41.3. The molecule has 12 nitrogen and oxygen atoms in total. The molecule has 15 heteroatoms. The lowest BCUT2D eigenvalue weighted by atomic mass is 9.91. The fraction of sp³-hybridized carbons (Fsp3) is 0.326. The number of nitrogens with zero attached hydrogens (tertiary/aromatic N) is 3. The Kier molecular flexibility index (Phi) is 11.2. The number of carbonyl (C=O) groups is 3. The van der Waals surface area contributed by atoms with Crippen molar-refractivity contribution in [3.63, 3.8) is 0 Å². The molecule has 0 aliphatic carbocycles. The van der Waals surface area contributed by atoms with Crippen LogP contribution < -0.4 is 19.5 Å². The van der Waals surface area contributed by atoms with Crippen LogP contribution in [0.4, 0.5) is 13.2 Å². The van der Waals surface area contributed by atoms with Crippen LogP contribution in [0.5, 0.6) is 17.2 Å². The van der Waals surface area contributed by atoms with Crippen LogP contribution in [0.15, 0.2) is 77.3 Å². The van der Waals surface area contributed by atoms with Crippen LogP contribution in [0.2, 0.25) is 0 Å². The van der Waals surface area contributed by atoms with Crippen molar-refractivity contribution in [3.8, 4) is 28.4 Å². The Morgan fingerprint density at radius 2 is 1.71 bits per heavy atom. The highest BCUT2D eigenvalue weighted by Crippen LogP contribution is 2.41. The Morgan fingerprint density at radius 1 is 0.983 bits per heavy atom. The van der Waals surface area contributed by atoms with Crippen molar-refractivity contribution in [1.29, 1.82) is 0 Å². The molecule has 0 bridgehead atoms. The normalized spacial score (nSPS) is 16.6. The number of benzene rings is 3. The Balaban J connectivity index is 1.10. The number of aliphatic carboxylic acids is 1. The van der Waals surface area contributed by atoms with E-state index in [0.29, 0.717) is 33.8 Å². The second-order valence-corrected chi connectivity index (χ2v) is 14.4. The summed E-state index contributed by atoms with van der Waals surface area (Å²) < 4.78 is 60.8. The summed E-state index contributed by atoms with van der Waals surface area (Å²) in [6.45, 7) is 6.74. The van der Waals surface area contributed by atoms with Crippen molar-refractivity contribution in [3.05, 3.63) is 124 Å². The van der Waals surface area contributed by atoms with Crippen molar-refractivity contribution in [1.82, 2.24) is 20.2 Å². The average Bonchev–Trinajstić information content (AvgIpc) is 3.54. The van der Waals surface area contributed by atoms with Gasteiger partial charge in [0.1, 0.15) is 30.2 Å². The number of oxazole rings is 1. The van der Waals surface area contributed by atoms with E-state index < -0.39 is 55.2 Å². The van der Waals surface area contributed by atoms with E-state index in [1.54, 1.807) is 56.4 Å². The molecule has 2 aliphatic heterocycles. The number of nitrogens with one attached hydrogen (secondary N) is 1. The van der Waals surface area contributed by atoms with E-state index in [0.717, 1.165) is 22.4 Å². The van der Waals surface area contributed by atoms with Crippen molar-refractivity contribution >= 4 is 17.8 Å². The first-order chi connectivity index (χ1) is 27.6. The molecule has 1 unspecified atom stereocenters. The fourth-order valence-corrected chi connectivity index (χ4v) is 7.17. The maximum Gasteiger partial charge on any atom is 0.392 e. The number of carboxylic acids is 1. The minimum atomic E-state index is -4.32. The summed E-state index contributed by atoms with van der Waals surface area (Å²) >= 11 is 0. The lowest BCUT2D eigenvalue weighted by molar-refractivity contribution is -0.142. The number of rotatable bonds is 11. The lowest BCUT2D eigenvalue weighted by Crippen LogP contribution is -2.56. The van der Waals surface area contributed by atoms with E-state index in [2.05, 4.69) is 15.3 Å². The molecule has 4 heterocycles. The molecule has 0 spiro atoms. The zero-order valence-electron chi connectivity index (χ0n) is 32.2. The Labute approximate surface area is 332 Å². The van der Waals surface area contributed by atoms with Gasteiger partial charge in [0, 0.05) is 38.2 Å². The number of fused-ring (bicyclic) bond motifs is 2. The molecule has 3 aromatic carbocycles. The van der Waals surface area contributed by atoms with Gasteiger partial charge in [-0.25, -0.2) is 9.78 Å². The topological polar surface area (TPSA) is 153 Å². The van der Waals surface area contributed by atoms with E-state index in [4.69, 9.17) is 18.6 Å². The summed E-state index contributed by atoms with van der Waals surface area (Å²) in [5.41, 5.74) is 6.76. The van der Waals surface area contributed by atoms with E-state index in [1.165, 1.54) is 4.90 Å². The molecular weight excluding hydrogens is 757 g/mol. The molecule has 2 N–H and O–H groups in total. The number of halogens is 3. The largest absolute Gasteiger partial charge is 0.493 e. The van der Waals surface area contributed by atoms with Crippen molar-refractivity contribution in [2.45, 2.75) is 77.9 Å². The van der Waals surface area contributed by atoms with Gasteiger partial charge in [0.15, 0.2) is 29.2 Å². The number of hydrogen-bond acceptors (Lipinski definition) is 9. The van der Waals surface area contributed by atoms with Crippen LogP contribution in [0.25, 0.3) is 11.1 Å². The van der Waals surface area contributed by atoms with Crippen molar-refractivity contribution < 1.29 is 51.3 Å². The Morgan fingerprint density at radius 3 is 2.38 bits per heavy atom. The number of hydrogen-bond donors (Lipinski definition) is 2. The summed E-state index contributed by atoms with van der Waals surface area (Å²) in [5.74, 6) is -0.777. The second kappa shape index (κ2) is 16.2. The third kappa shape index (κ3) is 8.77. The predicted molar refractivity (Wildman–Crippen MR) is 204 cm³/mol. The number of amides is 2. The summed E-state index contributed by atoms with van der Waals surface area (Å²) in [6, 6.07) is 17.0. The highest BCUT2D eigenvalue weighted by molar-refractivity contribution is 5.98. The number of aromatic nitrogens is 2. The van der Waals surface area contributed by atoms with E-state index in [9.17, 15) is 32.7 Å². The Bertz CT molecular complexity index is 2340. The molecule has 2 aromatic heterocycles. The van der Waals surface area contributed by atoms with Gasteiger partial charge in [-0.15, -0.1) is 0 Å². The summed E-state index contributed by atoms with van der Waals surface area (Å²) in [7, 11) is 0. The maximum absolute atomic E-state index is 14.1. The van der Waals surface area contributed by atoms with Gasteiger partial charge in [-0.1, -0.05) is 36.4 Å². The van der Waals surface area contributed by atoms with E-state index >= 15 is 0 Å². The van der Waals surface area contributed by atoms with Gasteiger partial charge < -0.3 is 34.0 Å². The van der Waals surface area contributed by atoms with E-state index in [1.807, 2.05) is 44.2 Å². The number of ether oxygens (including phenoxy) is 3. The molecule has 0 saturated heterocycles. The summed E-state index contributed by atoms with van der Waals surface area (Å²) in [4.78, 5) is 50.8. The molecule has 0 fully saturated rings. The van der Waals surface area contributed by atoms with E-state index in [-0.39, 0.29) is 49.1 Å². The van der Waals surface area contributed by atoms with Crippen LogP contribution in [-0.4, -0.2) is 69.2 Å². The SMILES string of the molecule is Cc1nc(C(=O)N2Cc3cc4c(cc3C[C@H]2C(=O)NC(Cc2ccc(-c3ccnc(C)c3C)cc2)C(=O)O)OC[C@H](c2ccc(OCCC(F)(F)F)cc2)O4)c(C)o1. The van der Waals surface area contributed by atoms with Gasteiger partial charge in [-0.05, 0) is 90.0 Å². The van der Waals surface area contributed by atoms with Gasteiger partial charge in [0.2, 0.25) is 5.91 Å². The number of carbonyl (C=O) groups excluding carboxylic acids is 2. The molecule has 7 rings (SSSR count). The summed E-state index contributed by atoms with van der Waals surface area (Å²) in [6.07, 6.45) is -4.14. The van der Waals surface area contributed by atoms with Crippen molar-refractivity contribution in [2.75, 3.05) is 13.2 Å². The first-order valence-electron chi connectivity index (χ1n) is 18.7. The minimum Gasteiger partial charge on any atom is -0.493 e. The van der Waals surface area contributed by atoms with Gasteiger partial charge in [-0.3, -0.25) is 14.6 Å². The summed E-state index contributed by atoms with van der Waals surface area (Å²) in [5, 5.41) is 12.9. The van der Waals surface area contributed by atoms with Crippen LogP contribution in [0, 0.1) is 27.7 Å². The van der Waals surface area contributed by atoms with Gasteiger partial charge in [0.25, 0.3) is 5.91 Å². The molecule has 2 aliphatic rings. The smallest absolute Gasteiger partial charge is 0.392 e. The third-order valence-electron chi connectivity index (χ3n) is 10.4. The highest BCUT2D eigenvalue weighted by atomic mass is 19.4. The van der Waals surface area contributed by atoms with Crippen LogP contribution in [0.1, 0.15) is 68.2 Å². The van der Waals surface area contributed by atoms with Crippen molar-refractivity contribution in [2.24, 2.45) is 0 Å². The number of pyridine rings is 1. The first kappa shape index (κ1) is 39.8. The lowest BCUT2D eigenvalue weighted by Gasteiger charge is -2.37. The maximum atomic E-state index is 14.1. The molecule has 5 aromatic rings. The Hall–Kier alpha value is -6.38. The fourth-order valence-electron chi connectivity index (χ4n) is 7.17. The number of aryl methyl sites for hydroxylation is 3. The predicted octanol–water partition coefficient (Wildman–Crippen LogP) is 7.19. The molecular formula is C43H41F3N4O8. The molecule has 3 atom stereocenters. The monoisotopic (exact) mass is 798 g/mol. The number of alkyl halides is 3. The average molecular weight is 799 g/mol. The third-order valence-corrected chi connectivity index (χ3v) is 10.4. The molecule has 58 heavy (non-hydrogen) atoms. The standard InChI is InChI=1S/C43H41F3N4O8/c1-23-24(2)47-15-13-33(23)28-7-5-27(6-8-28)17-34(42(53)54)49-40(51)35-18-30-19-36-37(20-31(30)21-50(35)41(52)39-25(3)57-26(4)48-39)58-38(22-56-36)29-9-11-32(12-10-29)55-16-14-43(44,45)46/h5-13,15,19-20,34-35,38H,14,16-18,21-22H2,1-4H3,(H,49,51)(H,53,54)/t34?,35-,38+/m0/s1. The highest BCUT2D eigenvalue weighted by Gasteiger charge is 2.39. The zero-order valence-corrected chi connectivity index (χ0v) is 32.2. The van der Waals surface area contributed by atoms with Crippen LogP contribution >= 0.6 is 0 Å². The quantitative estimate of drug-likeness (QED) is 0.140. The number of carboxylic acid groups (broad SMARTS) is 1. The first-order valence-corrected chi connectivity index (χ1v) is 18.7. The molecule has 2 amide bonds. The van der Waals surface area contributed by atoms with Gasteiger partial charge >= 0.3 is 12.1 Å². The van der Waals surface area contributed by atoms with Gasteiger partial charge in [-0.2, -0.15) is 13.2 Å². The van der Waals surface area contributed by atoms with Gasteiger partial charge in [0.05, 0.1) is 13.0 Å². The second-order valence-electron chi connectivity index (χ2n) is 14.4.